The maximum Gasteiger partial charge on any atom is 0.272 e. The van der Waals surface area contributed by atoms with Crippen LogP contribution < -0.4 is 4.74 Å². The second-order valence-electron chi connectivity index (χ2n) is 2.48. The molecule has 3 nitrogen and oxygen atoms in total. The molecule has 0 spiro atoms. The van der Waals surface area contributed by atoms with E-state index in [9.17, 15) is 8.78 Å². The van der Waals surface area contributed by atoms with Crippen molar-refractivity contribution in [3.05, 3.63) is 22.3 Å². The van der Waals surface area contributed by atoms with E-state index in [2.05, 4.69) is 20.9 Å². The maximum atomic E-state index is 11.8. The molecule has 0 radical (unpaired) electrons. The number of hydrogen-bond acceptors (Lipinski definition) is 3. The van der Waals surface area contributed by atoms with E-state index < -0.39 is 13.0 Å². The minimum absolute atomic E-state index is 0.0380. The molecule has 0 fully saturated rings. The summed E-state index contributed by atoms with van der Waals surface area (Å²) >= 11 is 3.14. The topological polar surface area (TPSA) is 42.4 Å². The van der Waals surface area contributed by atoms with E-state index in [1.807, 2.05) is 0 Å². The zero-order valence-electron chi connectivity index (χ0n) is 7.08. The quantitative estimate of drug-likeness (QED) is 0.907. The summed E-state index contributed by atoms with van der Waals surface area (Å²) < 4.78 is 29.0. The molecule has 1 aromatic heterocycles. The molecule has 1 heterocycles. The lowest BCUT2D eigenvalue weighted by Crippen LogP contribution is -2.09. The van der Waals surface area contributed by atoms with Crippen LogP contribution in [0, 0.1) is 0 Å². The fourth-order valence-corrected chi connectivity index (χ4v) is 1.23. The number of aliphatic hydroxyl groups is 1. The van der Waals surface area contributed by atoms with Gasteiger partial charge >= 0.3 is 0 Å². The highest BCUT2D eigenvalue weighted by molar-refractivity contribution is 9.10. The predicted molar refractivity (Wildman–Crippen MR) is 49.4 cm³/mol. The van der Waals surface area contributed by atoms with Crippen molar-refractivity contribution in [1.82, 2.24) is 4.98 Å². The first-order valence-corrected chi connectivity index (χ1v) is 4.59. The van der Waals surface area contributed by atoms with Gasteiger partial charge in [-0.25, -0.2) is 13.8 Å². The summed E-state index contributed by atoms with van der Waals surface area (Å²) in [5, 5.41) is 8.88. The van der Waals surface area contributed by atoms with Crippen LogP contribution in [0.1, 0.15) is 5.56 Å². The predicted octanol–water partition coefficient (Wildman–Crippen LogP) is 1.98. The molecule has 0 amide bonds. The molecule has 0 aliphatic rings. The fraction of sp³-hybridized carbons (Fsp3) is 0.375. The van der Waals surface area contributed by atoms with Gasteiger partial charge in [0.1, 0.15) is 0 Å². The van der Waals surface area contributed by atoms with Crippen LogP contribution in [0.2, 0.25) is 0 Å². The molecule has 1 N–H and O–H groups in total. The molecule has 0 unspecified atom stereocenters. The molecule has 0 aliphatic carbocycles. The van der Waals surface area contributed by atoms with Gasteiger partial charge in [0, 0.05) is 16.2 Å². The molecule has 0 aromatic carbocycles. The van der Waals surface area contributed by atoms with Crippen molar-refractivity contribution in [2.24, 2.45) is 0 Å². The Kier molecular flexibility index (Phi) is 4.21. The van der Waals surface area contributed by atoms with Crippen molar-refractivity contribution in [2.75, 3.05) is 6.61 Å². The van der Waals surface area contributed by atoms with Gasteiger partial charge in [0.2, 0.25) is 5.88 Å². The van der Waals surface area contributed by atoms with Gasteiger partial charge < -0.3 is 9.84 Å². The van der Waals surface area contributed by atoms with Crippen molar-refractivity contribution in [3.8, 4) is 5.88 Å². The van der Waals surface area contributed by atoms with Gasteiger partial charge in [-0.2, -0.15) is 0 Å². The van der Waals surface area contributed by atoms with Crippen LogP contribution in [0.3, 0.4) is 0 Å². The Morgan fingerprint density at radius 1 is 1.57 bits per heavy atom. The van der Waals surface area contributed by atoms with Crippen LogP contribution >= 0.6 is 15.9 Å². The molecule has 1 aromatic rings. The maximum absolute atomic E-state index is 11.8. The molecule has 0 saturated heterocycles. The Bertz CT molecular complexity index is 309. The number of hydrogen-bond donors (Lipinski definition) is 1. The summed E-state index contributed by atoms with van der Waals surface area (Å²) in [4.78, 5) is 3.76. The van der Waals surface area contributed by atoms with Crippen molar-refractivity contribution in [2.45, 2.75) is 13.0 Å². The summed E-state index contributed by atoms with van der Waals surface area (Å²) in [6, 6.07) is 1.56. The lowest BCUT2D eigenvalue weighted by molar-refractivity contribution is 0.0781. The smallest absolute Gasteiger partial charge is 0.272 e. The minimum atomic E-state index is -2.55. The van der Waals surface area contributed by atoms with Gasteiger partial charge in [0.25, 0.3) is 6.43 Å². The summed E-state index contributed by atoms with van der Waals surface area (Å²) in [5.41, 5.74) is 0.375. The number of rotatable bonds is 4. The Labute approximate surface area is 87.9 Å². The number of pyridine rings is 1. The van der Waals surface area contributed by atoms with Crippen LogP contribution in [0.15, 0.2) is 16.7 Å². The van der Waals surface area contributed by atoms with Gasteiger partial charge in [-0.3, -0.25) is 0 Å². The highest BCUT2D eigenvalue weighted by Crippen LogP contribution is 2.20. The molecule has 6 heteroatoms. The Morgan fingerprint density at radius 3 is 2.86 bits per heavy atom. The van der Waals surface area contributed by atoms with E-state index in [4.69, 9.17) is 9.84 Å². The van der Waals surface area contributed by atoms with Crippen LogP contribution in [-0.4, -0.2) is 23.1 Å². The van der Waals surface area contributed by atoms with Gasteiger partial charge in [-0.05, 0) is 22.0 Å². The third-order valence-electron chi connectivity index (χ3n) is 1.41. The van der Waals surface area contributed by atoms with Crippen LogP contribution in [0.25, 0.3) is 0 Å². The van der Waals surface area contributed by atoms with Crippen LogP contribution in [0.5, 0.6) is 5.88 Å². The molecule has 0 saturated carbocycles. The first-order valence-electron chi connectivity index (χ1n) is 3.79. The zero-order valence-corrected chi connectivity index (χ0v) is 8.67. The van der Waals surface area contributed by atoms with E-state index >= 15 is 0 Å². The number of alkyl halides is 2. The van der Waals surface area contributed by atoms with Gasteiger partial charge in [0.05, 0.1) is 6.61 Å². The molecule has 14 heavy (non-hydrogen) atoms. The largest absolute Gasteiger partial charge is 0.471 e. The summed E-state index contributed by atoms with van der Waals surface area (Å²) in [7, 11) is 0. The second-order valence-corrected chi connectivity index (χ2v) is 3.39. The van der Waals surface area contributed by atoms with Crippen LogP contribution in [-0.2, 0) is 6.61 Å². The molecule has 0 aliphatic heterocycles. The zero-order chi connectivity index (χ0) is 10.6. The number of ether oxygens (including phenoxy) is 1. The number of aromatic nitrogens is 1. The summed E-state index contributed by atoms with van der Waals surface area (Å²) in [5.74, 6) is 0.0380. The fourth-order valence-electron chi connectivity index (χ4n) is 0.854. The van der Waals surface area contributed by atoms with E-state index in [-0.39, 0.29) is 12.5 Å². The Hall–Kier alpha value is -0.750. The van der Waals surface area contributed by atoms with E-state index in [0.717, 1.165) is 0 Å². The lowest BCUT2D eigenvalue weighted by Gasteiger charge is -2.08. The summed E-state index contributed by atoms with van der Waals surface area (Å²) in [6.07, 6.45) is -1.13. The molecule has 0 atom stereocenters. The van der Waals surface area contributed by atoms with Crippen LogP contribution in [0.4, 0.5) is 8.78 Å². The summed E-state index contributed by atoms with van der Waals surface area (Å²) in [6.45, 7) is -1.02. The van der Waals surface area contributed by atoms with Gasteiger partial charge in [-0.15, -0.1) is 0 Å². The number of nitrogens with zero attached hydrogens (tertiary/aromatic N) is 1. The van der Waals surface area contributed by atoms with E-state index in [0.29, 0.717) is 10.0 Å². The van der Waals surface area contributed by atoms with E-state index in [1.165, 1.54) is 6.20 Å². The molecule has 0 bridgehead atoms. The van der Waals surface area contributed by atoms with Gasteiger partial charge in [-0.1, -0.05) is 0 Å². The molecule has 1 rings (SSSR count). The average molecular weight is 268 g/mol. The molecular weight excluding hydrogens is 260 g/mol. The monoisotopic (exact) mass is 267 g/mol. The lowest BCUT2D eigenvalue weighted by atomic mass is 10.3. The molecule has 78 valence electrons. The van der Waals surface area contributed by atoms with Gasteiger partial charge in [0.15, 0.2) is 6.61 Å². The standard InChI is InChI=1S/C8H8BrF2NO2/c9-6-1-5(3-13)8(12-2-6)14-4-7(10)11/h1-2,7,13H,3-4H2. The number of halogens is 3. The first-order chi connectivity index (χ1) is 6.63. The Balaban J connectivity index is 2.75. The third-order valence-corrected chi connectivity index (χ3v) is 1.84. The minimum Gasteiger partial charge on any atom is -0.471 e. The average Bonchev–Trinajstić information content (AvgIpc) is 2.15. The van der Waals surface area contributed by atoms with Crippen molar-refractivity contribution in [1.29, 1.82) is 0 Å². The first kappa shape index (κ1) is 11.3. The van der Waals surface area contributed by atoms with Crippen molar-refractivity contribution >= 4 is 15.9 Å². The second kappa shape index (κ2) is 5.21. The van der Waals surface area contributed by atoms with E-state index in [1.54, 1.807) is 6.07 Å². The van der Waals surface area contributed by atoms with Crippen molar-refractivity contribution in [3.63, 3.8) is 0 Å². The SMILES string of the molecule is OCc1cc(Br)cnc1OCC(F)F. The normalized spacial score (nSPS) is 10.6. The van der Waals surface area contributed by atoms with Crippen molar-refractivity contribution < 1.29 is 18.6 Å². The highest BCUT2D eigenvalue weighted by atomic mass is 79.9. The highest BCUT2D eigenvalue weighted by Gasteiger charge is 2.08. The third kappa shape index (κ3) is 3.19. The number of aliphatic hydroxyl groups excluding tert-OH is 1. The Morgan fingerprint density at radius 2 is 2.29 bits per heavy atom. The molecular formula is C8H8BrF2NO2.